The number of hydrogen-bond acceptors (Lipinski definition) is 3. The lowest BCUT2D eigenvalue weighted by Crippen LogP contribution is -2.33. The summed E-state index contributed by atoms with van der Waals surface area (Å²) in [5, 5.41) is 2.99. The van der Waals surface area contributed by atoms with Gasteiger partial charge in [0.1, 0.15) is 0 Å². The Balaban J connectivity index is 1.43. The SMILES string of the molecule is O=C(COC(=O)c1ccccc1Cc1ccccc1)NC(c1ccccc1)c1ccccc1. The molecule has 4 heteroatoms. The number of carbonyl (C=O) groups excluding carboxylic acids is 2. The average molecular weight is 436 g/mol. The van der Waals surface area contributed by atoms with E-state index in [1.54, 1.807) is 12.1 Å². The third kappa shape index (κ3) is 5.95. The van der Waals surface area contributed by atoms with Crippen molar-refractivity contribution in [2.45, 2.75) is 12.5 Å². The van der Waals surface area contributed by atoms with Gasteiger partial charge in [-0.3, -0.25) is 4.79 Å². The Hall–Kier alpha value is -4.18. The molecule has 0 heterocycles. The Labute approximate surface area is 193 Å². The van der Waals surface area contributed by atoms with Crippen LogP contribution in [0.1, 0.15) is 38.7 Å². The molecule has 0 radical (unpaired) electrons. The van der Waals surface area contributed by atoms with Gasteiger partial charge in [-0.15, -0.1) is 0 Å². The van der Waals surface area contributed by atoms with Crippen molar-refractivity contribution in [3.8, 4) is 0 Å². The number of carbonyl (C=O) groups is 2. The lowest BCUT2D eigenvalue weighted by Gasteiger charge is -2.20. The van der Waals surface area contributed by atoms with Gasteiger partial charge in [0.2, 0.25) is 0 Å². The molecule has 4 aromatic rings. The first-order valence-electron chi connectivity index (χ1n) is 10.9. The van der Waals surface area contributed by atoms with Crippen LogP contribution in [0.2, 0.25) is 0 Å². The van der Waals surface area contributed by atoms with E-state index < -0.39 is 5.97 Å². The van der Waals surface area contributed by atoms with E-state index in [2.05, 4.69) is 5.32 Å². The highest BCUT2D eigenvalue weighted by Crippen LogP contribution is 2.22. The quantitative estimate of drug-likeness (QED) is 0.380. The number of nitrogens with one attached hydrogen (secondary N) is 1. The van der Waals surface area contributed by atoms with Crippen LogP contribution in [0.3, 0.4) is 0 Å². The molecule has 0 atom stereocenters. The van der Waals surface area contributed by atoms with Crippen molar-refractivity contribution in [3.05, 3.63) is 143 Å². The van der Waals surface area contributed by atoms with E-state index in [1.807, 2.05) is 103 Å². The first-order chi connectivity index (χ1) is 16.2. The van der Waals surface area contributed by atoms with Gasteiger partial charge < -0.3 is 10.1 Å². The summed E-state index contributed by atoms with van der Waals surface area (Å²) in [4.78, 5) is 25.5. The van der Waals surface area contributed by atoms with Crippen LogP contribution in [0.25, 0.3) is 0 Å². The fraction of sp³-hybridized carbons (Fsp3) is 0.103. The summed E-state index contributed by atoms with van der Waals surface area (Å²) < 4.78 is 5.39. The Kier molecular flexibility index (Phi) is 7.29. The van der Waals surface area contributed by atoms with Gasteiger partial charge in [-0.25, -0.2) is 4.79 Å². The van der Waals surface area contributed by atoms with Crippen LogP contribution >= 0.6 is 0 Å². The summed E-state index contributed by atoms with van der Waals surface area (Å²) in [5.74, 6) is -0.866. The summed E-state index contributed by atoms with van der Waals surface area (Å²) in [6.07, 6.45) is 0.613. The molecule has 4 rings (SSSR count). The summed E-state index contributed by atoms with van der Waals surface area (Å²) in [7, 11) is 0. The van der Waals surface area contributed by atoms with E-state index in [4.69, 9.17) is 4.74 Å². The molecule has 0 aliphatic carbocycles. The first-order valence-corrected chi connectivity index (χ1v) is 10.9. The fourth-order valence-corrected chi connectivity index (χ4v) is 3.75. The number of hydrogen-bond donors (Lipinski definition) is 1. The molecule has 0 spiro atoms. The van der Waals surface area contributed by atoms with E-state index in [-0.39, 0.29) is 18.6 Å². The number of benzene rings is 4. The van der Waals surface area contributed by atoms with Gasteiger partial charge in [0.15, 0.2) is 6.61 Å². The predicted octanol–water partition coefficient (Wildman–Crippen LogP) is 5.34. The third-order valence-electron chi connectivity index (χ3n) is 5.38. The number of esters is 1. The van der Waals surface area contributed by atoms with Crippen molar-refractivity contribution >= 4 is 11.9 Å². The molecule has 1 amide bonds. The Morgan fingerprint density at radius 2 is 1.18 bits per heavy atom. The van der Waals surface area contributed by atoms with Gasteiger partial charge in [-0.1, -0.05) is 109 Å². The minimum absolute atomic E-state index is 0.330. The molecular weight excluding hydrogens is 410 g/mol. The fourth-order valence-electron chi connectivity index (χ4n) is 3.75. The van der Waals surface area contributed by atoms with Gasteiger partial charge >= 0.3 is 5.97 Å². The molecule has 4 aromatic carbocycles. The van der Waals surface area contributed by atoms with Crippen LogP contribution < -0.4 is 5.32 Å². The minimum Gasteiger partial charge on any atom is -0.452 e. The largest absolute Gasteiger partial charge is 0.452 e. The molecule has 33 heavy (non-hydrogen) atoms. The van der Waals surface area contributed by atoms with Gasteiger partial charge in [0.05, 0.1) is 11.6 Å². The van der Waals surface area contributed by atoms with Crippen molar-refractivity contribution in [2.24, 2.45) is 0 Å². The predicted molar refractivity (Wildman–Crippen MR) is 129 cm³/mol. The Morgan fingerprint density at radius 3 is 1.79 bits per heavy atom. The molecule has 0 fully saturated rings. The molecule has 0 aliphatic rings. The summed E-state index contributed by atoms with van der Waals surface area (Å²) >= 11 is 0. The number of amides is 1. The molecule has 0 unspecified atom stereocenters. The minimum atomic E-state index is -0.507. The van der Waals surface area contributed by atoms with Crippen molar-refractivity contribution in [1.29, 1.82) is 0 Å². The maximum atomic E-state index is 12.8. The molecule has 0 saturated heterocycles. The smallest absolute Gasteiger partial charge is 0.338 e. The standard InChI is InChI=1S/C29H25NO3/c31-27(30-28(23-14-6-2-7-15-23)24-16-8-3-9-17-24)21-33-29(32)26-19-11-10-18-25(26)20-22-12-4-1-5-13-22/h1-19,28H,20-21H2,(H,30,31). The lowest BCUT2D eigenvalue weighted by molar-refractivity contribution is -0.124. The van der Waals surface area contributed by atoms with Crippen LogP contribution in [-0.2, 0) is 16.0 Å². The molecule has 0 saturated carbocycles. The van der Waals surface area contributed by atoms with Crippen molar-refractivity contribution in [2.75, 3.05) is 6.61 Å². The molecule has 0 bridgehead atoms. The molecular formula is C29H25NO3. The normalized spacial score (nSPS) is 10.6. The maximum Gasteiger partial charge on any atom is 0.338 e. The van der Waals surface area contributed by atoms with Gasteiger partial charge in [0.25, 0.3) is 5.91 Å². The summed E-state index contributed by atoms with van der Waals surface area (Å²) in [6.45, 7) is -0.353. The highest BCUT2D eigenvalue weighted by molar-refractivity contribution is 5.93. The highest BCUT2D eigenvalue weighted by atomic mass is 16.5. The third-order valence-corrected chi connectivity index (χ3v) is 5.38. The van der Waals surface area contributed by atoms with Crippen LogP contribution in [0, 0.1) is 0 Å². The zero-order valence-corrected chi connectivity index (χ0v) is 18.2. The van der Waals surface area contributed by atoms with Crippen LogP contribution in [-0.4, -0.2) is 18.5 Å². The van der Waals surface area contributed by atoms with Crippen LogP contribution in [0.15, 0.2) is 115 Å². The first kappa shape index (κ1) is 22.0. The van der Waals surface area contributed by atoms with Crippen LogP contribution in [0.4, 0.5) is 0 Å². The Morgan fingerprint density at radius 1 is 0.667 bits per heavy atom. The van der Waals surface area contributed by atoms with Crippen LogP contribution in [0.5, 0.6) is 0 Å². The zero-order valence-electron chi connectivity index (χ0n) is 18.2. The molecule has 1 N–H and O–H groups in total. The molecule has 0 aliphatic heterocycles. The second kappa shape index (κ2) is 10.9. The van der Waals surface area contributed by atoms with E-state index in [1.165, 1.54) is 0 Å². The van der Waals surface area contributed by atoms with E-state index in [0.29, 0.717) is 12.0 Å². The monoisotopic (exact) mass is 435 g/mol. The molecule has 4 nitrogen and oxygen atoms in total. The second-order valence-electron chi connectivity index (χ2n) is 7.72. The average Bonchev–Trinajstić information content (AvgIpc) is 2.88. The molecule has 164 valence electrons. The van der Waals surface area contributed by atoms with E-state index >= 15 is 0 Å². The number of ether oxygens (including phenoxy) is 1. The maximum absolute atomic E-state index is 12.8. The lowest BCUT2D eigenvalue weighted by atomic mass is 9.99. The van der Waals surface area contributed by atoms with Gasteiger partial charge in [0, 0.05) is 0 Å². The van der Waals surface area contributed by atoms with E-state index in [0.717, 1.165) is 22.3 Å². The Bertz CT molecular complexity index is 1150. The van der Waals surface area contributed by atoms with Crippen molar-refractivity contribution in [3.63, 3.8) is 0 Å². The van der Waals surface area contributed by atoms with Gasteiger partial charge in [-0.2, -0.15) is 0 Å². The van der Waals surface area contributed by atoms with E-state index in [9.17, 15) is 9.59 Å². The number of rotatable bonds is 8. The zero-order chi connectivity index (χ0) is 22.9. The topological polar surface area (TPSA) is 55.4 Å². The van der Waals surface area contributed by atoms with Crippen molar-refractivity contribution < 1.29 is 14.3 Å². The molecule has 0 aromatic heterocycles. The van der Waals surface area contributed by atoms with Gasteiger partial charge in [-0.05, 0) is 34.7 Å². The highest BCUT2D eigenvalue weighted by Gasteiger charge is 2.19. The summed E-state index contributed by atoms with van der Waals surface area (Å²) in [5.41, 5.74) is 4.34. The second-order valence-corrected chi connectivity index (χ2v) is 7.72. The summed E-state index contributed by atoms with van der Waals surface area (Å²) in [6, 6.07) is 36.4. The van der Waals surface area contributed by atoms with Crippen molar-refractivity contribution in [1.82, 2.24) is 5.32 Å².